The van der Waals surface area contributed by atoms with E-state index < -0.39 is 24.7 Å². The van der Waals surface area contributed by atoms with Gasteiger partial charge in [-0.1, -0.05) is 24.3 Å². The highest BCUT2D eigenvalue weighted by molar-refractivity contribution is 6.19. The predicted molar refractivity (Wildman–Crippen MR) is 187 cm³/mol. The number of rotatable bonds is 9. The molecular weight excluding hydrogens is 666 g/mol. The zero-order valence-corrected chi connectivity index (χ0v) is 28.8. The number of benzene rings is 3. The van der Waals surface area contributed by atoms with E-state index >= 15 is 0 Å². The Morgan fingerprint density at radius 1 is 1.02 bits per heavy atom. The van der Waals surface area contributed by atoms with Gasteiger partial charge in [-0.25, -0.2) is 9.69 Å². The van der Waals surface area contributed by atoms with Gasteiger partial charge in [-0.15, -0.1) is 11.6 Å². The first-order valence-electron chi connectivity index (χ1n) is 17.4. The normalized spacial score (nSPS) is 23.2. The van der Waals surface area contributed by atoms with Gasteiger partial charge in [0, 0.05) is 55.4 Å². The van der Waals surface area contributed by atoms with Gasteiger partial charge in [0.1, 0.15) is 5.75 Å². The van der Waals surface area contributed by atoms with Crippen LogP contribution in [-0.2, 0) is 14.3 Å². The lowest BCUT2D eigenvalue weighted by Crippen LogP contribution is -2.57. The van der Waals surface area contributed by atoms with Crippen molar-refractivity contribution in [3.8, 4) is 17.2 Å². The second-order valence-electron chi connectivity index (χ2n) is 13.2. The summed E-state index contributed by atoms with van der Waals surface area (Å²) in [4.78, 5) is 45.1. The molecule has 0 radical (unpaired) electrons. The number of phenolic OH excluding ortho intramolecular Hbond substituents is 1. The Labute approximate surface area is 295 Å². The van der Waals surface area contributed by atoms with Crippen molar-refractivity contribution in [3.63, 3.8) is 0 Å². The summed E-state index contributed by atoms with van der Waals surface area (Å²) in [7, 11) is 1.46. The zero-order valence-electron chi connectivity index (χ0n) is 28.0. The monoisotopic (exact) mass is 707 g/mol. The van der Waals surface area contributed by atoms with Gasteiger partial charge in [-0.3, -0.25) is 9.59 Å². The third-order valence-electron chi connectivity index (χ3n) is 10.2. The summed E-state index contributed by atoms with van der Waals surface area (Å²) < 4.78 is 24.0. The van der Waals surface area contributed by atoms with E-state index in [1.165, 1.54) is 19.2 Å². The summed E-state index contributed by atoms with van der Waals surface area (Å²) in [6.07, 6.45) is 2.40. The van der Waals surface area contributed by atoms with Gasteiger partial charge in [0.15, 0.2) is 24.0 Å². The number of halogens is 1. The van der Waals surface area contributed by atoms with Crippen LogP contribution in [-0.4, -0.2) is 90.9 Å². The van der Waals surface area contributed by atoms with Crippen LogP contribution in [0, 0.1) is 0 Å². The van der Waals surface area contributed by atoms with E-state index in [1.807, 2.05) is 24.3 Å². The number of fused-ring (bicyclic) bond motifs is 5. The molecule has 0 bridgehead atoms. The first-order valence-corrected chi connectivity index (χ1v) is 17.9. The number of nitrogens with zero attached hydrogens (tertiary/aromatic N) is 3. The molecule has 50 heavy (non-hydrogen) atoms. The molecule has 13 heteroatoms. The maximum Gasteiger partial charge on any atom is 0.414 e. The first kappa shape index (κ1) is 34.2. The van der Waals surface area contributed by atoms with Crippen molar-refractivity contribution >= 4 is 51.7 Å². The topological polar surface area (TPSA) is 138 Å². The van der Waals surface area contributed by atoms with Crippen LogP contribution in [0.15, 0.2) is 42.5 Å². The van der Waals surface area contributed by atoms with Crippen molar-refractivity contribution in [2.45, 2.75) is 75.8 Å². The summed E-state index contributed by atoms with van der Waals surface area (Å²) in [5.41, 5.74) is 1.96. The number of piperidine rings is 1. The van der Waals surface area contributed by atoms with Gasteiger partial charge in [-0.05, 0) is 62.0 Å². The average Bonchev–Trinajstić information content (AvgIpc) is 3.47. The number of alkyl halides is 1. The van der Waals surface area contributed by atoms with E-state index in [1.54, 1.807) is 15.9 Å². The average molecular weight is 708 g/mol. The van der Waals surface area contributed by atoms with Crippen LogP contribution < -0.4 is 19.3 Å². The Bertz CT molecular complexity index is 1780. The van der Waals surface area contributed by atoms with Crippen LogP contribution in [0.2, 0.25) is 0 Å². The fraction of sp³-hybridized carbons (Fsp3) is 0.486. The van der Waals surface area contributed by atoms with E-state index in [0.717, 1.165) is 46.9 Å². The van der Waals surface area contributed by atoms with E-state index in [9.17, 15) is 24.6 Å². The molecule has 266 valence electrons. The highest BCUT2D eigenvalue weighted by Crippen LogP contribution is 2.46. The standard InChI is InChI=1S/C37H42ClN3O9/c1-47-30-17-25-27(41(37(45)46)36(50-33-13-5-7-15-49-33)26-11-4-6-14-39(26)35(25)44)19-31(30)48-16-8-12-32(43)40-21-22(20-38)34-24-10-3-2-9-23(24)29(42)18-28(34)40/h2-3,9-10,17-19,22,26,33,36,42H,4-8,11-16,20-21H2,1H3,(H,45,46)/t22-,26+,33?,36+/m1/s1. The van der Waals surface area contributed by atoms with Crippen molar-refractivity contribution in [3.05, 3.63) is 53.6 Å². The highest BCUT2D eigenvalue weighted by Gasteiger charge is 2.46. The maximum absolute atomic E-state index is 14.0. The molecule has 0 saturated carbocycles. The molecule has 3 aromatic rings. The van der Waals surface area contributed by atoms with Crippen molar-refractivity contribution < 1.29 is 43.5 Å². The summed E-state index contributed by atoms with van der Waals surface area (Å²) >= 11 is 6.35. The molecule has 4 atom stereocenters. The van der Waals surface area contributed by atoms with Crippen molar-refractivity contribution in [1.29, 1.82) is 0 Å². The van der Waals surface area contributed by atoms with Crippen LogP contribution in [0.5, 0.6) is 17.2 Å². The van der Waals surface area contributed by atoms with E-state index in [-0.39, 0.29) is 59.3 Å². The van der Waals surface area contributed by atoms with Gasteiger partial charge >= 0.3 is 6.09 Å². The third-order valence-corrected chi connectivity index (χ3v) is 10.6. The van der Waals surface area contributed by atoms with E-state index in [0.29, 0.717) is 50.5 Å². The minimum absolute atomic E-state index is 0.0706. The molecule has 1 unspecified atom stereocenters. The molecule has 4 aliphatic rings. The molecular formula is C37H42ClN3O9. The second kappa shape index (κ2) is 14.5. The summed E-state index contributed by atoms with van der Waals surface area (Å²) in [6.45, 7) is 1.55. The Morgan fingerprint density at radius 2 is 1.82 bits per heavy atom. The largest absolute Gasteiger partial charge is 0.507 e. The van der Waals surface area contributed by atoms with Crippen molar-refractivity contribution in [2.75, 3.05) is 49.1 Å². The number of phenols is 1. The Balaban J connectivity index is 1.11. The molecule has 2 fully saturated rings. The van der Waals surface area contributed by atoms with Crippen molar-refractivity contribution in [2.24, 2.45) is 0 Å². The van der Waals surface area contributed by atoms with E-state index in [4.69, 9.17) is 30.5 Å². The molecule has 3 amide bonds. The number of ether oxygens (including phenoxy) is 4. The maximum atomic E-state index is 14.0. The van der Waals surface area contributed by atoms with Crippen LogP contribution in [0.3, 0.4) is 0 Å². The Kier molecular flexibility index (Phi) is 9.94. The Hall–Kier alpha value is -4.26. The van der Waals surface area contributed by atoms with Crippen molar-refractivity contribution in [1.82, 2.24) is 4.90 Å². The fourth-order valence-electron chi connectivity index (χ4n) is 7.83. The third kappa shape index (κ3) is 6.29. The number of anilines is 2. The molecule has 0 spiro atoms. The molecule has 4 heterocycles. The zero-order chi connectivity index (χ0) is 34.9. The smallest absolute Gasteiger partial charge is 0.414 e. The summed E-state index contributed by atoms with van der Waals surface area (Å²) in [5, 5.41) is 22.9. The quantitative estimate of drug-likeness (QED) is 0.190. The van der Waals surface area contributed by atoms with Gasteiger partial charge < -0.3 is 39.0 Å². The number of aromatic hydroxyl groups is 1. The second-order valence-corrected chi connectivity index (χ2v) is 13.5. The lowest BCUT2D eigenvalue weighted by Gasteiger charge is -2.42. The molecule has 0 aliphatic carbocycles. The Morgan fingerprint density at radius 3 is 2.56 bits per heavy atom. The van der Waals surface area contributed by atoms with Crippen LogP contribution >= 0.6 is 11.6 Å². The highest BCUT2D eigenvalue weighted by atomic mass is 35.5. The molecule has 2 saturated heterocycles. The van der Waals surface area contributed by atoms with Gasteiger partial charge in [0.25, 0.3) is 5.91 Å². The lowest BCUT2D eigenvalue weighted by molar-refractivity contribution is -0.198. The number of methoxy groups -OCH3 is 1. The minimum atomic E-state index is -1.26. The molecule has 2 N–H and O–H groups in total. The number of carbonyl (C=O) groups is 3. The predicted octanol–water partition coefficient (Wildman–Crippen LogP) is 6.44. The minimum Gasteiger partial charge on any atom is -0.507 e. The summed E-state index contributed by atoms with van der Waals surface area (Å²) in [5.74, 6) is 0.472. The molecule has 7 rings (SSSR count). The number of amides is 3. The molecule has 0 aromatic heterocycles. The van der Waals surface area contributed by atoms with Gasteiger partial charge in [0.2, 0.25) is 5.91 Å². The number of carbonyl (C=O) groups excluding carboxylic acids is 2. The molecule has 3 aromatic carbocycles. The number of hydrogen-bond acceptors (Lipinski definition) is 8. The number of hydrogen-bond donors (Lipinski definition) is 2. The lowest BCUT2D eigenvalue weighted by atomic mass is 9.95. The van der Waals surface area contributed by atoms with Crippen LogP contribution in [0.25, 0.3) is 10.8 Å². The first-order chi connectivity index (χ1) is 24.3. The number of carboxylic acid groups (broad SMARTS) is 1. The molecule has 4 aliphatic heterocycles. The van der Waals surface area contributed by atoms with Gasteiger partial charge in [0.05, 0.1) is 36.7 Å². The fourth-order valence-corrected chi connectivity index (χ4v) is 8.08. The molecule has 12 nitrogen and oxygen atoms in total. The van der Waals surface area contributed by atoms with Gasteiger partial charge in [-0.2, -0.15) is 0 Å². The van der Waals surface area contributed by atoms with Crippen LogP contribution in [0.1, 0.15) is 73.2 Å². The van der Waals surface area contributed by atoms with Crippen LogP contribution in [0.4, 0.5) is 16.2 Å². The van der Waals surface area contributed by atoms with E-state index in [2.05, 4.69) is 0 Å². The SMILES string of the molecule is COc1cc2c(cc1OCCCC(=O)N1C[C@@H](CCl)c3c1cc(O)c1ccccc31)N(C(=O)O)[C@@H](OC1CCCCO1)[C@@H]1CCCCN1C2=O. The summed E-state index contributed by atoms with van der Waals surface area (Å²) in [6, 6.07) is 11.8.